The van der Waals surface area contributed by atoms with Gasteiger partial charge in [-0.05, 0) is 44.0 Å². The maximum atomic E-state index is 12.8. The Bertz CT molecular complexity index is 844. The molecule has 8 heteroatoms. The van der Waals surface area contributed by atoms with Gasteiger partial charge in [-0.25, -0.2) is 4.99 Å². The van der Waals surface area contributed by atoms with Gasteiger partial charge in [-0.2, -0.15) is 13.2 Å². The van der Waals surface area contributed by atoms with Crippen LogP contribution < -0.4 is 5.32 Å². The van der Waals surface area contributed by atoms with E-state index in [0.29, 0.717) is 12.2 Å². The van der Waals surface area contributed by atoms with Gasteiger partial charge in [0.15, 0.2) is 0 Å². The fraction of sp³-hybridized carbons (Fsp3) is 0.474. The molecule has 144 valence electrons. The van der Waals surface area contributed by atoms with Crippen LogP contribution in [-0.4, -0.2) is 36.0 Å². The van der Waals surface area contributed by atoms with Gasteiger partial charge in [0.1, 0.15) is 11.6 Å². The number of benzene rings is 1. The minimum Gasteiger partial charge on any atom is -0.440 e. The molecule has 3 atom stereocenters. The van der Waals surface area contributed by atoms with Gasteiger partial charge in [-0.3, -0.25) is 4.79 Å². The second-order valence-corrected chi connectivity index (χ2v) is 7.39. The second-order valence-electron chi connectivity index (χ2n) is 7.39. The van der Waals surface area contributed by atoms with Crippen molar-refractivity contribution in [2.75, 3.05) is 18.9 Å². The molecule has 0 bridgehead atoms. The van der Waals surface area contributed by atoms with Crippen molar-refractivity contribution < 1.29 is 22.6 Å². The highest BCUT2D eigenvalue weighted by Crippen LogP contribution is 2.46. The van der Waals surface area contributed by atoms with Crippen LogP contribution in [0.2, 0.25) is 0 Å². The SMILES string of the molecule is CC1N=C2C(C(=O)Nc3ccc(C(F)(F)F)cc3)C[N-][N+]2(C)C2=C1CCC2. The maximum absolute atomic E-state index is 12.8. The maximum Gasteiger partial charge on any atom is 0.416 e. The highest BCUT2D eigenvalue weighted by Gasteiger charge is 2.47. The molecule has 1 fully saturated rings. The monoisotopic (exact) mass is 378 g/mol. The molecule has 2 aliphatic heterocycles. The van der Waals surface area contributed by atoms with E-state index in [2.05, 4.69) is 5.32 Å². The van der Waals surface area contributed by atoms with E-state index < -0.39 is 17.7 Å². The van der Waals surface area contributed by atoms with Gasteiger partial charge in [0, 0.05) is 17.7 Å². The van der Waals surface area contributed by atoms with Gasteiger partial charge in [0.25, 0.3) is 0 Å². The molecule has 1 N–H and O–H groups in total. The lowest BCUT2D eigenvalue weighted by Crippen LogP contribution is -2.47. The van der Waals surface area contributed by atoms with Gasteiger partial charge in [0.2, 0.25) is 11.7 Å². The van der Waals surface area contributed by atoms with Crippen molar-refractivity contribution in [3.8, 4) is 0 Å². The molecule has 4 rings (SSSR count). The third kappa shape index (κ3) is 2.96. The summed E-state index contributed by atoms with van der Waals surface area (Å²) in [6.07, 6.45) is -1.32. The van der Waals surface area contributed by atoms with Crippen molar-refractivity contribution in [2.24, 2.45) is 10.9 Å². The molecular formula is C19H21F3N4O. The zero-order chi connectivity index (χ0) is 19.4. The van der Waals surface area contributed by atoms with Gasteiger partial charge in [0.05, 0.1) is 18.7 Å². The minimum atomic E-state index is -4.40. The molecule has 2 heterocycles. The van der Waals surface area contributed by atoms with Crippen LogP contribution >= 0.6 is 0 Å². The summed E-state index contributed by atoms with van der Waals surface area (Å²) in [5.41, 5.74) is 6.86. The number of alkyl halides is 3. The van der Waals surface area contributed by atoms with Crippen LogP contribution in [0.1, 0.15) is 31.7 Å². The molecule has 0 radical (unpaired) electrons. The molecule has 0 aromatic heterocycles. The van der Waals surface area contributed by atoms with Crippen molar-refractivity contribution >= 4 is 17.4 Å². The Morgan fingerprint density at radius 3 is 2.63 bits per heavy atom. The van der Waals surface area contributed by atoms with Crippen LogP contribution in [0.4, 0.5) is 18.9 Å². The number of rotatable bonds is 2. The fourth-order valence-electron chi connectivity index (χ4n) is 4.28. The first-order chi connectivity index (χ1) is 12.7. The number of hydrogen-bond donors (Lipinski definition) is 1. The average molecular weight is 378 g/mol. The van der Waals surface area contributed by atoms with Gasteiger partial charge < -0.3 is 15.3 Å². The van der Waals surface area contributed by atoms with Crippen LogP contribution in [-0.2, 0) is 11.0 Å². The first-order valence-corrected chi connectivity index (χ1v) is 9.04. The number of anilines is 1. The fourth-order valence-corrected chi connectivity index (χ4v) is 4.28. The number of nitrogens with zero attached hydrogens (tertiary/aromatic N) is 3. The molecule has 1 aromatic carbocycles. The highest BCUT2D eigenvalue weighted by molar-refractivity contribution is 6.08. The number of allylic oxidation sites excluding steroid dienone is 1. The van der Waals surface area contributed by atoms with E-state index in [0.717, 1.165) is 37.2 Å². The Balaban J connectivity index is 1.53. The Hall–Kier alpha value is -2.19. The predicted molar refractivity (Wildman–Crippen MR) is 95.7 cm³/mol. The van der Waals surface area contributed by atoms with Crippen molar-refractivity contribution in [3.63, 3.8) is 0 Å². The van der Waals surface area contributed by atoms with Gasteiger partial charge in [-0.15, -0.1) is 0 Å². The van der Waals surface area contributed by atoms with Crippen LogP contribution in [0.5, 0.6) is 0 Å². The smallest absolute Gasteiger partial charge is 0.416 e. The molecule has 1 amide bonds. The minimum absolute atomic E-state index is 0.0540. The third-order valence-electron chi connectivity index (χ3n) is 5.69. The van der Waals surface area contributed by atoms with E-state index in [4.69, 9.17) is 10.4 Å². The lowest BCUT2D eigenvalue weighted by molar-refractivity contribution is -0.738. The summed E-state index contributed by atoms with van der Waals surface area (Å²) in [4.78, 5) is 17.6. The summed E-state index contributed by atoms with van der Waals surface area (Å²) in [6.45, 7) is 2.37. The predicted octanol–water partition coefficient (Wildman–Crippen LogP) is 4.25. The molecule has 1 saturated heterocycles. The zero-order valence-corrected chi connectivity index (χ0v) is 15.2. The average Bonchev–Trinajstić information content (AvgIpc) is 3.21. The number of nitrogens with one attached hydrogen (secondary N) is 1. The zero-order valence-electron chi connectivity index (χ0n) is 15.2. The highest BCUT2D eigenvalue weighted by atomic mass is 19.4. The van der Waals surface area contributed by atoms with E-state index >= 15 is 0 Å². The van der Waals surface area contributed by atoms with Crippen molar-refractivity contribution in [3.05, 3.63) is 46.5 Å². The molecule has 27 heavy (non-hydrogen) atoms. The number of halogens is 3. The normalized spacial score (nSPS) is 30.0. The van der Waals surface area contributed by atoms with E-state index in [9.17, 15) is 18.0 Å². The van der Waals surface area contributed by atoms with E-state index in [1.807, 2.05) is 14.0 Å². The number of fused-ring (bicyclic) bond motifs is 2. The number of carbonyl (C=O) groups excluding carboxylic acids is 1. The molecule has 0 spiro atoms. The number of quaternary nitrogens is 1. The largest absolute Gasteiger partial charge is 0.440 e. The molecule has 1 aromatic rings. The molecule has 3 unspecified atom stereocenters. The number of amides is 1. The number of aliphatic imine (C=N–C) groups is 1. The molecule has 5 nitrogen and oxygen atoms in total. The van der Waals surface area contributed by atoms with Crippen molar-refractivity contribution in [1.29, 1.82) is 0 Å². The third-order valence-corrected chi connectivity index (χ3v) is 5.69. The molecular weight excluding hydrogens is 357 g/mol. The summed E-state index contributed by atoms with van der Waals surface area (Å²) in [7, 11) is 1.97. The lowest BCUT2D eigenvalue weighted by atomic mass is 10.0. The number of hydrogen-bond acceptors (Lipinski definition) is 2. The van der Waals surface area contributed by atoms with Gasteiger partial charge >= 0.3 is 6.18 Å². The van der Waals surface area contributed by atoms with E-state index in [-0.39, 0.29) is 16.5 Å². The number of amidine groups is 1. The Kier molecular flexibility index (Phi) is 4.16. The second kappa shape index (κ2) is 6.17. The summed E-state index contributed by atoms with van der Waals surface area (Å²) in [5, 5.41) is 2.71. The molecule has 3 aliphatic rings. The summed E-state index contributed by atoms with van der Waals surface area (Å²) >= 11 is 0. The van der Waals surface area contributed by atoms with E-state index in [1.54, 1.807) is 0 Å². The summed E-state index contributed by atoms with van der Waals surface area (Å²) < 4.78 is 38.3. The molecule has 0 saturated carbocycles. The molecule has 1 aliphatic carbocycles. The van der Waals surface area contributed by atoms with Crippen LogP contribution in [0.25, 0.3) is 5.43 Å². The quantitative estimate of drug-likeness (QED) is 0.769. The van der Waals surface area contributed by atoms with E-state index in [1.165, 1.54) is 23.4 Å². The first-order valence-electron chi connectivity index (χ1n) is 9.04. The lowest BCUT2D eigenvalue weighted by Gasteiger charge is -2.43. The summed E-state index contributed by atoms with van der Waals surface area (Å²) in [6, 6.07) is 4.52. The first kappa shape index (κ1) is 18.2. The van der Waals surface area contributed by atoms with Crippen LogP contribution in [0.3, 0.4) is 0 Å². The topological polar surface area (TPSA) is 55.6 Å². The van der Waals surface area contributed by atoms with Crippen LogP contribution in [0, 0.1) is 5.92 Å². The Labute approximate surface area is 155 Å². The Morgan fingerprint density at radius 1 is 1.26 bits per heavy atom. The summed E-state index contributed by atoms with van der Waals surface area (Å²) in [5.74, 6) is -0.0599. The Morgan fingerprint density at radius 2 is 1.96 bits per heavy atom. The van der Waals surface area contributed by atoms with Gasteiger partial charge in [-0.1, -0.05) is 6.54 Å². The van der Waals surface area contributed by atoms with Crippen molar-refractivity contribution in [1.82, 2.24) is 0 Å². The standard InChI is InChI=1S/C19H21F3N4O/c1-11-14-4-3-5-16(14)26(2)17(24-11)15(10-23-26)18(27)25-13-8-6-12(7-9-13)19(20,21)22/h6-9,11,15H,3-5,10H2,1-2H3,(H,25,27). The van der Waals surface area contributed by atoms with Crippen LogP contribution in [0.15, 0.2) is 40.5 Å². The number of carbonyl (C=O) groups is 1. The van der Waals surface area contributed by atoms with Crippen molar-refractivity contribution in [2.45, 2.75) is 38.4 Å².